The normalized spacial score (nSPS) is 38.1. The monoisotopic (exact) mass is 332 g/mol. The molecule has 4 heteroatoms. The molecule has 132 valence electrons. The summed E-state index contributed by atoms with van der Waals surface area (Å²) in [7, 11) is 0. The third-order valence-electron chi connectivity index (χ3n) is 5.58. The highest BCUT2D eigenvalue weighted by atomic mass is 16.6. The summed E-state index contributed by atoms with van der Waals surface area (Å²) in [5, 5.41) is 8.70. The van der Waals surface area contributed by atoms with Crippen molar-refractivity contribution in [1.82, 2.24) is 0 Å². The topological polar surface area (TPSA) is 63.6 Å². The van der Waals surface area contributed by atoms with Crippen LogP contribution in [-0.4, -0.2) is 22.6 Å². The van der Waals surface area contributed by atoms with Gasteiger partial charge in [0.15, 0.2) is 0 Å². The number of aliphatic carboxylic acids is 1. The van der Waals surface area contributed by atoms with Crippen molar-refractivity contribution < 1.29 is 19.4 Å². The van der Waals surface area contributed by atoms with E-state index in [1.54, 1.807) is 0 Å². The molecule has 1 N–H and O–H groups in total. The first-order valence-corrected chi connectivity index (χ1v) is 9.05. The number of allylic oxidation sites excluding steroid dienone is 4. The van der Waals surface area contributed by atoms with Crippen molar-refractivity contribution in [3.05, 3.63) is 24.3 Å². The van der Waals surface area contributed by atoms with Crippen LogP contribution in [0.1, 0.15) is 46.5 Å². The summed E-state index contributed by atoms with van der Waals surface area (Å²) in [6.45, 7) is 5.77. The van der Waals surface area contributed by atoms with E-state index in [0.29, 0.717) is 23.7 Å². The van der Waals surface area contributed by atoms with Crippen molar-refractivity contribution in [2.24, 2.45) is 35.5 Å². The van der Waals surface area contributed by atoms with Gasteiger partial charge in [0.25, 0.3) is 0 Å². The number of rotatable bonds is 2. The third-order valence-corrected chi connectivity index (χ3v) is 5.58. The fraction of sp³-hybridized carbons (Fsp3) is 0.700. The number of fused-ring (bicyclic) bond motifs is 4. The van der Waals surface area contributed by atoms with Crippen LogP contribution in [0, 0.1) is 35.5 Å². The Morgan fingerprint density at radius 3 is 1.67 bits per heavy atom. The maximum Gasteiger partial charge on any atom is 0.310 e. The largest absolute Gasteiger partial charge is 0.481 e. The average molecular weight is 332 g/mol. The summed E-state index contributed by atoms with van der Waals surface area (Å²) >= 11 is 0. The van der Waals surface area contributed by atoms with Crippen molar-refractivity contribution in [3.63, 3.8) is 0 Å². The molecule has 2 fully saturated rings. The van der Waals surface area contributed by atoms with Crippen molar-refractivity contribution in [1.29, 1.82) is 0 Å². The number of carbonyl (C=O) groups is 2. The molecule has 4 rings (SSSR count). The molecule has 6 unspecified atom stereocenters. The van der Waals surface area contributed by atoms with Gasteiger partial charge in [0.1, 0.15) is 5.60 Å². The number of esters is 1. The Morgan fingerprint density at radius 2 is 1.38 bits per heavy atom. The number of ether oxygens (including phenoxy) is 1. The minimum atomic E-state index is -0.614. The molecule has 0 radical (unpaired) electrons. The quantitative estimate of drug-likeness (QED) is 0.617. The summed E-state index contributed by atoms with van der Waals surface area (Å²) in [6.07, 6.45) is 12.7. The second-order valence-electron chi connectivity index (χ2n) is 8.65. The van der Waals surface area contributed by atoms with Crippen molar-refractivity contribution in [2.45, 2.75) is 52.1 Å². The Bertz CT molecular complexity index is 569. The predicted molar refractivity (Wildman–Crippen MR) is 91.2 cm³/mol. The summed E-state index contributed by atoms with van der Waals surface area (Å²) in [4.78, 5) is 22.4. The Kier molecular flexibility index (Phi) is 4.58. The molecule has 2 saturated carbocycles. The lowest BCUT2D eigenvalue weighted by molar-refractivity contribution is -0.160. The lowest BCUT2D eigenvalue weighted by atomic mass is 9.93. The molecule has 4 aliphatic rings. The zero-order valence-corrected chi connectivity index (χ0v) is 14.8. The molecule has 0 heterocycles. The summed E-state index contributed by atoms with van der Waals surface area (Å²) in [5.41, 5.74) is -0.345. The van der Waals surface area contributed by atoms with Crippen molar-refractivity contribution in [2.75, 3.05) is 0 Å². The first kappa shape index (κ1) is 17.2. The number of hydrogen-bond donors (Lipinski definition) is 1. The van der Waals surface area contributed by atoms with Crippen LogP contribution in [0.2, 0.25) is 0 Å². The molecule has 0 aromatic rings. The number of hydrogen-bond acceptors (Lipinski definition) is 3. The molecule has 4 aliphatic carbocycles. The van der Waals surface area contributed by atoms with Crippen LogP contribution in [0.15, 0.2) is 24.3 Å². The maximum absolute atomic E-state index is 11.8. The highest BCUT2D eigenvalue weighted by Crippen LogP contribution is 2.44. The summed E-state index contributed by atoms with van der Waals surface area (Å²) in [5.74, 6) is 1.45. The van der Waals surface area contributed by atoms with Gasteiger partial charge in [-0.2, -0.15) is 0 Å². The molecule has 4 nitrogen and oxygen atoms in total. The van der Waals surface area contributed by atoms with E-state index >= 15 is 0 Å². The third kappa shape index (κ3) is 3.73. The first-order valence-electron chi connectivity index (χ1n) is 9.05. The lowest BCUT2D eigenvalue weighted by Gasteiger charge is -2.24. The van der Waals surface area contributed by atoms with Crippen LogP contribution in [0.5, 0.6) is 0 Å². The standard InChI is InChI=1S/C12H18O2.C8H10O2/c1-12(2,3)14-11(13)10-7-8-4-5-9(10)6-8;9-8(10)7-4-5-1-2-6(7)3-5/h4-5,8-10H,6-7H2,1-3H3;1-2,5-7H,3-4H2,(H,9,10). The number of carbonyl (C=O) groups excluding carboxylic acids is 1. The first-order chi connectivity index (χ1) is 11.2. The van der Waals surface area contributed by atoms with Crippen LogP contribution in [0.25, 0.3) is 0 Å². The smallest absolute Gasteiger partial charge is 0.310 e. The maximum atomic E-state index is 11.8. The van der Waals surface area contributed by atoms with Crippen molar-refractivity contribution >= 4 is 11.9 Å². The minimum Gasteiger partial charge on any atom is -0.481 e. The van der Waals surface area contributed by atoms with Crippen LogP contribution in [-0.2, 0) is 14.3 Å². The number of carboxylic acids is 1. The SMILES string of the molecule is CC(C)(C)OC(=O)C1CC2C=CC1C2.O=C(O)C1CC2C=CC1C2. The van der Waals surface area contributed by atoms with Crippen LogP contribution >= 0.6 is 0 Å². The second-order valence-corrected chi connectivity index (χ2v) is 8.65. The van der Waals surface area contributed by atoms with E-state index < -0.39 is 5.97 Å². The zero-order chi connectivity index (χ0) is 17.5. The fourth-order valence-corrected chi connectivity index (χ4v) is 4.49. The Labute approximate surface area is 144 Å². The highest BCUT2D eigenvalue weighted by molar-refractivity contribution is 5.74. The van der Waals surface area contributed by atoms with Gasteiger partial charge in [-0.25, -0.2) is 0 Å². The molecule has 24 heavy (non-hydrogen) atoms. The van der Waals surface area contributed by atoms with E-state index in [-0.39, 0.29) is 23.4 Å². The van der Waals surface area contributed by atoms with Gasteiger partial charge in [0, 0.05) is 0 Å². The van der Waals surface area contributed by atoms with Crippen LogP contribution in [0.3, 0.4) is 0 Å². The van der Waals surface area contributed by atoms with Gasteiger partial charge < -0.3 is 9.84 Å². The van der Waals surface area contributed by atoms with Crippen molar-refractivity contribution in [3.8, 4) is 0 Å². The number of carboxylic acid groups (broad SMARTS) is 1. The van der Waals surface area contributed by atoms with Gasteiger partial charge in [0.05, 0.1) is 11.8 Å². The second kappa shape index (κ2) is 6.38. The zero-order valence-electron chi connectivity index (χ0n) is 14.8. The summed E-state index contributed by atoms with van der Waals surface area (Å²) in [6, 6.07) is 0. The van der Waals surface area contributed by atoms with Crippen LogP contribution in [0.4, 0.5) is 0 Å². The Hall–Kier alpha value is -1.58. The van der Waals surface area contributed by atoms with Gasteiger partial charge in [-0.05, 0) is 70.1 Å². The predicted octanol–water partition coefficient (Wildman–Crippen LogP) is 3.82. The van der Waals surface area contributed by atoms with E-state index in [2.05, 4.69) is 24.3 Å². The molecule has 0 amide bonds. The molecule has 0 aromatic carbocycles. The van der Waals surface area contributed by atoms with E-state index in [1.165, 1.54) is 0 Å². The summed E-state index contributed by atoms with van der Waals surface area (Å²) < 4.78 is 5.40. The van der Waals surface area contributed by atoms with Gasteiger partial charge in [-0.1, -0.05) is 24.3 Å². The lowest BCUT2D eigenvalue weighted by Crippen LogP contribution is -2.30. The van der Waals surface area contributed by atoms with Crippen LogP contribution < -0.4 is 0 Å². The molecule has 4 bridgehead atoms. The molecule has 0 saturated heterocycles. The van der Waals surface area contributed by atoms with Gasteiger partial charge >= 0.3 is 11.9 Å². The highest BCUT2D eigenvalue weighted by Gasteiger charge is 2.42. The Balaban J connectivity index is 0.000000149. The molecule has 0 aromatic heterocycles. The fourth-order valence-electron chi connectivity index (χ4n) is 4.49. The molecular formula is C20H28O4. The Morgan fingerprint density at radius 1 is 0.875 bits per heavy atom. The van der Waals surface area contributed by atoms with E-state index in [4.69, 9.17) is 9.84 Å². The van der Waals surface area contributed by atoms with E-state index in [9.17, 15) is 9.59 Å². The minimum absolute atomic E-state index is 0.00523. The molecular weight excluding hydrogens is 304 g/mol. The molecule has 0 aliphatic heterocycles. The molecule has 6 atom stereocenters. The van der Waals surface area contributed by atoms with E-state index in [0.717, 1.165) is 25.7 Å². The van der Waals surface area contributed by atoms with E-state index in [1.807, 2.05) is 20.8 Å². The molecule has 0 spiro atoms. The van der Waals surface area contributed by atoms with Gasteiger partial charge in [-0.15, -0.1) is 0 Å². The average Bonchev–Trinajstić information content (AvgIpc) is 3.25. The van der Waals surface area contributed by atoms with Gasteiger partial charge in [0.2, 0.25) is 0 Å². The van der Waals surface area contributed by atoms with Gasteiger partial charge in [-0.3, -0.25) is 9.59 Å².